The van der Waals surface area contributed by atoms with Gasteiger partial charge >= 0.3 is 6.03 Å². The van der Waals surface area contributed by atoms with Crippen molar-refractivity contribution in [2.24, 2.45) is 0 Å². The summed E-state index contributed by atoms with van der Waals surface area (Å²) in [5, 5.41) is 16.6. The number of nitriles is 1. The molecule has 0 bridgehead atoms. The highest BCUT2D eigenvalue weighted by atomic mass is 16.5. The van der Waals surface area contributed by atoms with E-state index in [4.69, 9.17) is 10.00 Å². The van der Waals surface area contributed by atoms with Crippen LogP contribution in [0.3, 0.4) is 0 Å². The smallest absolute Gasteiger partial charge is 0.318 e. The third-order valence-electron chi connectivity index (χ3n) is 5.34. The van der Waals surface area contributed by atoms with Crippen LogP contribution in [0.1, 0.15) is 55.2 Å². The zero-order valence-electron chi connectivity index (χ0n) is 16.5. The number of hydrogen-bond donors (Lipinski definition) is 1. The van der Waals surface area contributed by atoms with Gasteiger partial charge in [0, 0.05) is 25.1 Å². The zero-order valence-corrected chi connectivity index (χ0v) is 16.5. The van der Waals surface area contributed by atoms with Gasteiger partial charge in [-0.2, -0.15) is 10.4 Å². The van der Waals surface area contributed by atoms with E-state index in [0.717, 1.165) is 29.0 Å². The van der Waals surface area contributed by atoms with Crippen molar-refractivity contribution in [3.8, 4) is 11.8 Å². The van der Waals surface area contributed by atoms with Gasteiger partial charge in [0.2, 0.25) is 0 Å². The summed E-state index contributed by atoms with van der Waals surface area (Å²) in [5.41, 5.74) is 3.10. The Morgan fingerprint density at radius 3 is 2.96 bits per heavy atom. The number of nitrogens with zero attached hydrogens (tertiary/aromatic N) is 4. The van der Waals surface area contributed by atoms with Crippen molar-refractivity contribution in [2.75, 3.05) is 6.54 Å². The Balaban J connectivity index is 1.54. The van der Waals surface area contributed by atoms with E-state index >= 15 is 0 Å². The van der Waals surface area contributed by atoms with Crippen molar-refractivity contribution >= 4 is 6.03 Å². The first-order valence-electron chi connectivity index (χ1n) is 9.66. The first-order chi connectivity index (χ1) is 13.3. The quantitative estimate of drug-likeness (QED) is 0.824. The summed E-state index contributed by atoms with van der Waals surface area (Å²) in [4.78, 5) is 14.9. The normalized spacial score (nSPS) is 20.2. The van der Waals surface area contributed by atoms with E-state index in [1.54, 1.807) is 11.0 Å². The molecule has 4 rings (SSSR count). The van der Waals surface area contributed by atoms with E-state index in [1.807, 2.05) is 43.7 Å². The molecule has 0 saturated carbocycles. The second-order valence-electron chi connectivity index (χ2n) is 8.24. The summed E-state index contributed by atoms with van der Waals surface area (Å²) in [6, 6.07) is 9.77. The molecule has 1 aromatic heterocycles. The van der Waals surface area contributed by atoms with Crippen molar-refractivity contribution in [3.05, 3.63) is 46.8 Å². The number of ether oxygens (including phenoxy) is 1. The number of rotatable bonds is 1. The molecule has 7 nitrogen and oxygen atoms in total. The molecule has 28 heavy (non-hydrogen) atoms. The topological polar surface area (TPSA) is 83.2 Å². The summed E-state index contributed by atoms with van der Waals surface area (Å²) in [6.07, 6.45) is 1.52. The lowest BCUT2D eigenvalue weighted by Gasteiger charge is -2.38. The minimum absolute atomic E-state index is 0.0950. The standard InChI is InChI=1S/C21H25N5O2/c1-14-5-6-17-18(11-21(2,3)28-19(17)9-14)23-20(27)25-7-4-8-26-16(13-25)10-15(12-22)24-26/h5-6,9-10,18H,4,7-8,11,13H2,1-3H3,(H,23,27)/t18-/m1/s1. The van der Waals surface area contributed by atoms with Gasteiger partial charge < -0.3 is 15.0 Å². The first kappa shape index (κ1) is 18.4. The van der Waals surface area contributed by atoms with Crippen LogP contribution < -0.4 is 10.1 Å². The van der Waals surface area contributed by atoms with Gasteiger partial charge in [-0.1, -0.05) is 12.1 Å². The summed E-state index contributed by atoms with van der Waals surface area (Å²) in [5.74, 6) is 0.842. The molecule has 3 heterocycles. The molecule has 0 fully saturated rings. The number of fused-ring (bicyclic) bond motifs is 2. The lowest BCUT2D eigenvalue weighted by Crippen LogP contribution is -2.46. The molecular weight excluding hydrogens is 354 g/mol. The van der Waals surface area contributed by atoms with Crippen LogP contribution in [-0.4, -0.2) is 32.9 Å². The molecule has 2 amide bonds. The monoisotopic (exact) mass is 379 g/mol. The average Bonchev–Trinajstić information content (AvgIpc) is 2.90. The number of nitrogens with one attached hydrogen (secondary N) is 1. The Morgan fingerprint density at radius 2 is 2.18 bits per heavy atom. The Morgan fingerprint density at radius 1 is 1.36 bits per heavy atom. The Labute approximate surface area is 164 Å². The molecule has 0 aliphatic carbocycles. The third kappa shape index (κ3) is 3.55. The summed E-state index contributed by atoms with van der Waals surface area (Å²) >= 11 is 0. The van der Waals surface area contributed by atoms with E-state index in [2.05, 4.69) is 16.5 Å². The molecule has 1 atom stereocenters. The fourth-order valence-corrected chi connectivity index (χ4v) is 4.02. The van der Waals surface area contributed by atoms with Crippen LogP contribution in [0.4, 0.5) is 4.79 Å². The van der Waals surface area contributed by atoms with E-state index < -0.39 is 0 Å². The highest BCUT2D eigenvalue weighted by Gasteiger charge is 2.35. The maximum absolute atomic E-state index is 13.1. The summed E-state index contributed by atoms with van der Waals surface area (Å²) < 4.78 is 7.97. The SMILES string of the molecule is Cc1ccc2c(c1)OC(C)(C)C[C@H]2NC(=O)N1CCCn2nc(C#N)cc2C1. The van der Waals surface area contributed by atoms with Gasteiger partial charge in [-0.3, -0.25) is 4.68 Å². The van der Waals surface area contributed by atoms with Crippen molar-refractivity contribution in [1.29, 1.82) is 5.26 Å². The van der Waals surface area contributed by atoms with Crippen LogP contribution >= 0.6 is 0 Å². The van der Waals surface area contributed by atoms with Crippen LogP contribution in [0.2, 0.25) is 0 Å². The molecule has 2 aliphatic rings. The molecule has 0 spiro atoms. The predicted molar refractivity (Wildman–Crippen MR) is 104 cm³/mol. The minimum atomic E-state index is -0.349. The molecule has 0 unspecified atom stereocenters. The van der Waals surface area contributed by atoms with E-state index in [0.29, 0.717) is 31.7 Å². The van der Waals surface area contributed by atoms with Crippen LogP contribution in [-0.2, 0) is 13.1 Å². The fraction of sp³-hybridized carbons (Fsp3) is 0.476. The van der Waals surface area contributed by atoms with E-state index in [-0.39, 0.29) is 17.7 Å². The van der Waals surface area contributed by atoms with Crippen LogP contribution in [0.15, 0.2) is 24.3 Å². The number of aryl methyl sites for hydroxylation is 2. The number of amides is 2. The van der Waals surface area contributed by atoms with Crippen LogP contribution in [0.5, 0.6) is 5.75 Å². The van der Waals surface area contributed by atoms with E-state index in [9.17, 15) is 4.79 Å². The van der Waals surface area contributed by atoms with Gasteiger partial charge in [0.05, 0.1) is 18.3 Å². The zero-order chi connectivity index (χ0) is 19.9. The third-order valence-corrected chi connectivity index (χ3v) is 5.34. The highest BCUT2D eigenvalue weighted by molar-refractivity contribution is 5.75. The molecular formula is C21H25N5O2. The highest BCUT2D eigenvalue weighted by Crippen LogP contribution is 2.40. The number of urea groups is 1. The van der Waals surface area contributed by atoms with Gasteiger partial charge in [-0.05, 0) is 44.9 Å². The minimum Gasteiger partial charge on any atom is -0.487 e. The first-order valence-corrected chi connectivity index (χ1v) is 9.66. The number of carbonyl (C=O) groups is 1. The molecule has 2 aliphatic heterocycles. The molecule has 146 valence electrons. The molecule has 0 radical (unpaired) electrons. The van der Waals surface area contributed by atoms with Crippen molar-refractivity contribution in [1.82, 2.24) is 20.0 Å². The fourth-order valence-electron chi connectivity index (χ4n) is 4.02. The average molecular weight is 379 g/mol. The number of benzene rings is 1. The van der Waals surface area contributed by atoms with Gasteiger partial charge in [0.1, 0.15) is 17.4 Å². The second-order valence-corrected chi connectivity index (χ2v) is 8.24. The molecule has 1 N–H and O–H groups in total. The number of hydrogen-bond acceptors (Lipinski definition) is 4. The van der Waals surface area contributed by atoms with Gasteiger partial charge in [0.15, 0.2) is 5.69 Å². The maximum Gasteiger partial charge on any atom is 0.318 e. The molecule has 2 aromatic rings. The van der Waals surface area contributed by atoms with Gasteiger partial charge in [0.25, 0.3) is 0 Å². The van der Waals surface area contributed by atoms with Gasteiger partial charge in [-0.25, -0.2) is 4.79 Å². The van der Waals surface area contributed by atoms with Crippen LogP contribution in [0, 0.1) is 18.3 Å². The lowest BCUT2D eigenvalue weighted by atomic mass is 9.89. The van der Waals surface area contributed by atoms with Crippen LogP contribution in [0.25, 0.3) is 0 Å². The molecule has 1 aromatic carbocycles. The summed E-state index contributed by atoms with van der Waals surface area (Å²) in [7, 11) is 0. The van der Waals surface area contributed by atoms with E-state index in [1.165, 1.54) is 0 Å². The largest absolute Gasteiger partial charge is 0.487 e. The Hall–Kier alpha value is -3.01. The van der Waals surface area contributed by atoms with Gasteiger partial charge in [-0.15, -0.1) is 0 Å². The Bertz CT molecular complexity index is 956. The molecule has 7 heteroatoms. The van der Waals surface area contributed by atoms with Crippen molar-refractivity contribution in [3.63, 3.8) is 0 Å². The number of carbonyl (C=O) groups excluding carboxylic acids is 1. The second kappa shape index (κ2) is 6.86. The summed E-state index contributed by atoms with van der Waals surface area (Å²) in [6.45, 7) is 7.96. The number of aromatic nitrogens is 2. The lowest BCUT2D eigenvalue weighted by molar-refractivity contribution is 0.0663. The molecule has 0 saturated heterocycles. The van der Waals surface area contributed by atoms with Crippen molar-refractivity contribution < 1.29 is 9.53 Å². The predicted octanol–water partition coefficient (Wildman–Crippen LogP) is 3.28. The maximum atomic E-state index is 13.1. The van der Waals surface area contributed by atoms with Crippen molar-refractivity contribution in [2.45, 2.75) is 58.3 Å². The Kier molecular flexibility index (Phi) is 4.50.